The standard InChI is InChI=1S/C6H9ClS/c1-2-5-3-6(7)8-4-5/h4,6H,2-3H2,1H3. The summed E-state index contributed by atoms with van der Waals surface area (Å²) in [6.07, 6.45) is 2.25. The number of hydrogen-bond donors (Lipinski definition) is 0. The molecule has 1 atom stereocenters. The fraction of sp³-hybridized carbons (Fsp3) is 0.667. The van der Waals surface area contributed by atoms with Gasteiger partial charge < -0.3 is 0 Å². The summed E-state index contributed by atoms with van der Waals surface area (Å²) in [6.45, 7) is 2.17. The van der Waals surface area contributed by atoms with Crippen LogP contribution in [0.25, 0.3) is 0 Å². The molecule has 0 saturated heterocycles. The van der Waals surface area contributed by atoms with Crippen LogP contribution in [0.4, 0.5) is 0 Å². The summed E-state index contributed by atoms with van der Waals surface area (Å²) < 4.78 is 0.324. The first kappa shape index (κ1) is 6.50. The van der Waals surface area contributed by atoms with Gasteiger partial charge in [0, 0.05) is 0 Å². The Hall–Kier alpha value is 0.380. The van der Waals surface area contributed by atoms with Crippen LogP contribution in [-0.4, -0.2) is 4.71 Å². The van der Waals surface area contributed by atoms with Crippen molar-refractivity contribution >= 4 is 23.4 Å². The van der Waals surface area contributed by atoms with Crippen LogP contribution in [0.2, 0.25) is 0 Å². The summed E-state index contributed by atoms with van der Waals surface area (Å²) in [4.78, 5) is 0. The average Bonchev–Trinajstić information content (AvgIpc) is 2.14. The second-order valence-corrected chi connectivity index (χ2v) is 3.74. The monoisotopic (exact) mass is 148 g/mol. The van der Waals surface area contributed by atoms with E-state index in [2.05, 4.69) is 12.3 Å². The lowest BCUT2D eigenvalue weighted by Gasteiger charge is -1.94. The molecule has 0 N–H and O–H groups in total. The molecule has 0 aromatic heterocycles. The Morgan fingerprint density at radius 1 is 2.00 bits per heavy atom. The quantitative estimate of drug-likeness (QED) is 0.516. The average molecular weight is 149 g/mol. The van der Waals surface area contributed by atoms with Crippen LogP contribution < -0.4 is 0 Å². The van der Waals surface area contributed by atoms with Gasteiger partial charge in [-0.15, -0.1) is 23.4 Å². The first-order valence-electron chi connectivity index (χ1n) is 2.80. The molecule has 1 unspecified atom stereocenters. The lowest BCUT2D eigenvalue weighted by Crippen LogP contribution is -1.83. The van der Waals surface area contributed by atoms with Crippen LogP contribution >= 0.6 is 23.4 Å². The van der Waals surface area contributed by atoms with E-state index in [1.807, 2.05) is 0 Å². The van der Waals surface area contributed by atoms with Crippen LogP contribution in [0.5, 0.6) is 0 Å². The molecule has 0 nitrogen and oxygen atoms in total. The highest BCUT2D eigenvalue weighted by molar-refractivity contribution is 8.04. The van der Waals surface area contributed by atoms with E-state index >= 15 is 0 Å². The lowest BCUT2D eigenvalue weighted by atomic mass is 10.2. The molecule has 0 fully saturated rings. The van der Waals surface area contributed by atoms with Gasteiger partial charge in [0.05, 0.1) is 4.71 Å². The molecule has 0 aliphatic carbocycles. The summed E-state index contributed by atoms with van der Waals surface area (Å²) >= 11 is 7.53. The van der Waals surface area contributed by atoms with Crippen molar-refractivity contribution in [2.75, 3.05) is 0 Å². The van der Waals surface area contributed by atoms with Gasteiger partial charge in [-0.2, -0.15) is 0 Å². The maximum absolute atomic E-state index is 5.80. The number of rotatable bonds is 1. The molecule has 8 heavy (non-hydrogen) atoms. The molecule has 1 rings (SSSR count). The normalized spacial score (nSPS) is 28.2. The highest BCUT2D eigenvalue weighted by Crippen LogP contribution is 2.33. The van der Waals surface area contributed by atoms with Crippen molar-refractivity contribution in [3.63, 3.8) is 0 Å². The van der Waals surface area contributed by atoms with Gasteiger partial charge in [0.15, 0.2) is 0 Å². The van der Waals surface area contributed by atoms with Gasteiger partial charge in [0.2, 0.25) is 0 Å². The van der Waals surface area contributed by atoms with Gasteiger partial charge in [-0.05, 0) is 18.2 Å². The molecule has 46 valence electrons. The Balaban J connectivity index is 2.37. The minimum Gasteiger partial charge on any atom is -0.114 e. The van der Waals surface area contributed by atoms with Crippen LogP contribution in [0.15, 0.2) is 11.0 Å². The third-order valence-electron chi connectivity index (χ3n) is 1.26. The van der Waals surface area contributed by atoms with Crippen LogP contribution in [-0.2, 0) is 0 Å². The fourth-order valence-corrected chi connectivity index (χ4v) is 1.97. The first-order valence-corrected chi connectivity index (χ1v) is 4.18. The summed E-state index contributed by atoms with van der Waals surface area (Å²) in [5.41, 5.74) is 1.50. The number of alkyl halides is 1. The summed E-state index contributed by atoms with van der Waals surface area (Å²) in [6, 6.07) is 0. The summed E-state index contributed by atoms with van der Waals surface area (Å²) in [5.74, 6) is 0. The van der Waals surface area contributed by atoms with Crippen molar-refractivity contribution in [1.29, 1.82) is 0 Å². The van der Waals surface area contributed by atoms with E-state index in [4.69, 9.17) is 11.6 Å². The van der Waals surface area contributed by atoms with Crippen molar-refractivity contribution in [3.8, 4) is 0 Å². The van der Waals surface area contributed by atoms with Gasteiger partial charge in [-0.1, -0.05) is 12.5 Å². The van der Waals surface area contributed by atoms with Crippen LogP contribution in [0.1, 0.15) is 19.8 Å². The molecule has 1 aliphatic heterocycles. The molecule has 2 heteroatoms. The molecule has 0 aromatic rings. The molecule has 1 aliphatic rings. The van der Waals surface area contributed by atoms with E-state index in [0.717, 1.165) is 12.8 Å². The van der Waals surface area contributed by atoms with Crippen molar-refractivity contribution in [1.82, 2.24) is 0 Å². The molecule has 0 spiro atoms. The van der Waals surface area contributed by atoms with Crippen molar-refractivity contribution in [2.45, 2.75) is 24.5 Å². The Morgan fingerprint density at radius 2 is 2.75 bits per heavy atom. The maximum atomic E-state index is 5.80. The highest BCUT2D eigenvalue weighted by atomic mass is 35.5. The van der Waals surface area contributed by atoms with Gasteiger partial charge in [-0.3, -0.25) is 0 Å². The zero-order valence-electron chi connectivity index (χ0n) is 4.86. The Labute approximate surface area is 59.3 Å². The second-order valence-electron chi connectivity index (χ2n) is 1.88. The highest BCUT2D eigenvalue weighted by Gasteiger charge is 2.12. The van der Waals surface area contributed by atoms with E-state index in [-0.39, 0.29) is 0 Å². The van der Waals surface area contributed by atoms with Crippen LogP contribution in [0, 0.1) is 0 Å². The van der Waals surface area contributed by atoms with Gasteiger partial charge in [0.25, 0.3) is 0 Å². The molecule has 1 heterocycles. The smallest absolute Gasteiger partial charge is 0.0867 e. The minimum absolute atomic E-state index is 0.324. The number of allylic oxidation sites excluding steroid dienone is 1. The third-order valence-corrected chi connectivity index (χ3v) is 2.65. The number of halogens is 1. The topological polar surface area (TPSA) is 0 Å². The molecule has 0 bridgehead atoms. The van der Waals surface area contributed by atoms with Crippen molar-refractivity contribution in [2.24, 2.45) is 0 Å². The maximum Gasteiger partial charge on any atom is 0.0867 e. The third kappa shape index (κ3) is 1.43. The Bertz CT molecular complexity index is 109. The molecule has 0 saturated carbocycles. The molecular weight excluding hydrogens is 140 g/mol. The van der Waals surface area contributed by atoms with E-state index in [9.17, 15) is 0 Å². The SMILES string of the molecule is CCC1=CSC(Cl)C1. The van der Waals surface area contributed by atoms with Gasteiger partial charge in [0.1, 0.15) is 0 Å². The van der Waals surface area contributed by atoms with Crippen LogP contribution in [0.3, 0.4) is 0 Å². The summed E-state index contributed by atoms with van der Waals surface area (Å²) in [5, 5.41) is 2.18. The lowest BCUT2D eigenvalue weighted by molar-refractivity contribution is 0.981. The van der Waals surface area contributed by atoms with Crippen molar-refractivity contribution in [3.05, 3.63) is 11.0 Å². The van der Waals surface area contributed by atoms with E-state index < -0.39 is 0 Å². The molecule has 0 aromatic carbocycles. The molecule has 0 amide bonds. The van der Waals surface area contributed by atoms with Gasteiger partial charge >= 0.3 is 0 Å². The molecular formula is C6H9ClS. The largest absolute Gasteiger partial charge is 0.114 e. The van der Waals surface area contributed by atoms with E-state index in [1.165, 1.54) is 5.57 Å². The van der Waals surface area contributed by atoms with E-state index in [0.29, 0.717) is 4.71 Å². The molecule has 0 radical (unpaired) electrons. The predicted molar refractivity (Wildman–Crippen MR) is 40.2 cm³/mol. The summed E-state index contributed by atoms with van der Waals surface area (Å²) in [7, 11) is 0. The van der Waals surface area contributed by atoms with Gasteiger partial charge in [-0.25, -0.2) is 0 Å². The fourth-order valence-electron chi connectivity index (χ4n) is 0.700. The zero-order chi connectivity index (χ0) is 5.98. The minimum atomic E-state index is 0.324. The van der Waals surface area contributed by atoms with Crippen molar-refractivity contribution < 1.29 is 0 Å². The first-order chi connectivity index (χ1) is 3.83. The number of thioether (sulfide) groups is 1. The van der Waals surface area contributed by atoms with E-state index in [1.54, 1.807) is 11.8 Å². The zero-order valence-corrected chi connectivity index (χ0v) is 6.43. The Kier molecular flexibility index (Phi) is 2.27. The Morgan fingerprint density at radius 3 is 3.00 bits per heavy atom. The second kappa shape index (κ2) is 2.79. The number of hydrogen-bond acceptors (Lipinski definition) is 1. The predicted octanol–water partition coefficient (Wildman–Crippen LogP) is 2.98.